The second kappa shape index (κ2) is 9.65. The van der Waals surface area contributed by atoms with Crippen molar-refractivity contribution in [3.63, 3.8) is 0 Å². The van der Waals surface area contributed by atoms with Crippen LogP contribution in [0.5, 0.6) is 0 Å². The van der Waals surface area contributed by atoms with E-state index in [2.05, 4.69) is 17.4 Å². The highest BCUT2D eigenvalue weighted by Crippen LogP contribution is 2.25. The lowest BCUT2D eigenvalue weighted by Gasteiger charge is -2.24. The van der Waals surface area contributed by atoms with Crippen molar-refractivity contribution in [2.45, 2.75) is 30.9 Å². The van der Waals surface area contributed by atoms with E-state index < -0.39 is 39.5 Å². The summed E-state index contributed by atoms with van der Waals surface area (Å²) < 4.78 is 87.4. The standard InChI is InChI=1S/C19H20F4N2O3S2/c20-14-3-1-12(2-4-14)8-24-30(26,27)25-9-16(29)6-15(25)11-28-10-13-5-18(22)19(23)7-17(13)21/h1-5,7,15-16,24,29H,6,8-11H2. The number of hydrogen-bond donors (Lipinski definition) is 2. The Balaban J connectivity index is 1.60. The third kappa shape index (κ3) is 5.73. The fourth-order valence-electron chi connectivity index (χ4n) is 3.15. The number of nitrogens with zero attached hydrogens (tertiary/aromatic N) is 1. The lowest BCUT2D eigenvalue weighted by molar-refractivity contribution is 0.0849. The molecule has 3 rings (SSSR count). The molecule has 30 heavy (non-hydrogen) atoms. The average molecular weight is 465 g/mol. The second-order valence-electron chi connectivity index (χ2n) is 6.94. The van der Waals surface area contributed by atoms with Crippen LogP contribution in [0.3, 0.4) is 0 Å². The van der Waals surface area contributed by atoms with E-state index in [1.54, 1.807) is 0 Å². The molecule has 1 saturated heterocycles. The predicted molar refractivity (Wildman–Crippen MR) is 106 cm³/mol. The predicted octanol–water partition coefficient (Wildman–Crippen LogP) is 3.17. The van der Waals surface area contributed by atoms with Crippen molar-refractivity contribution in [2.75, 3.05) is 13.2 Å². The van der Waals surface area contributed by atoms with Crippen LogP contribution in [0.2, 0.25) is 0 Å². The van der Waals surface area contributed by atoms with Crippen molar-refractivity contribution in [1.29, 1.82) is 0 Å². The van der Waals surface area contributed by atoms with Crippen LogP contribution in [-0.2, 0) is 28.1 Å². The largest absolute Gasteiger partial charge is 0.375 e. The number of thiol groups is 1. The molecular weight excluding hydrogens is 444 g/mol. The molecule has 2 aromatic rings. The fraction of sp³-hybridized carbons (Fsp3) is 0.368. The van der Waals surface area contributed by atoms with Crippen LogP contribution in [0.15, 0.2) is 36.4 Å². The van der Waals surface area contributed by atoms with Crippen molar-refractivity contribution in [2.24, 2.45) is 0 Å². The van der Waals surface area contributed by atoms with Crippen LogP contribution < -0.4 is 4.72 Å². The molecule has 0 aliphatic carbocycles. The summed E-state index contributed by atoms with van der Waals surface area (Å²) in [5.74, 6) is -3.86. The Morgan fingerprint density at radius 3 is 2.43 bits per heavy atom. The molecule has 2 unspecified atom stereocenters. The summed E-state index contributed by atoms with van der Waals surface area (Å²) in [6.45, 7) is -0.292. The monoisotopic (exact) mass is 464 g/mol. The molecule has 0 aromatic heterocycles. The Hall–Kier alpha value is -1.66. The lowest BCUT2D eigenvalue weighted by atomic mass is 10.2. The number of rotatable bonds is 8. The number of hydrogen-bond acceptors (Lipinski definition) is 4. The van der Waals surface area contributed by atoms with Gasteiger partial charge in [-0.3, -0.25) is 0 Å². The van der Waals surface area contributed by atoms with Crippen molar-refractivity contribution in [3.8, 4) is 0 Å². The van der Waals surface area contributed by atoms with Gasteiger partial charge in [-0.1, -0.05) is 12.1 Å². The van der Waals surface area contributed by atoms with E-state index in [4.69, 9.17) is 4.74 Å². The minimum absolute atomic E-state index is 0.0238. The molecule has 0 spiro atoms. The summed E-state index contributed by atoms with van der Waals surface area (Å²) in [5, 5.41) is -0.221. The van der Waals surface area contributed by atoms with Gasteiger partial charge in [-0.15, -0.1) is 0 Å². The van der Waals surface area contributed by atoms with Gasteiger partial charge in [0.2, 0.25) is 0 Å². The number of ether oxygens (including phenoxy) is 1. The van der Waals surface area contributed by atoms with Crippen molar-refractivity contribution >= 4 is 22.8 Å². The highest BCUT2D eigenvalue weighted by molar-refractivity contribution is 7.87. The van der Waals surface area contributed by atoms with Gasteiger partial charge in [0.25, 0.3) is 10.2 Å². The molecule has 2 atom stereocenters. The molecule has 11 heteroatoms. The molecular formula is C19H20F4N2O3S2. The summed E-state index contributed by atoms with van der Waals surface area (Å²) in [6.07, 6.45) is 0.404. The first-order valence-electron chi connectivity index (χ1n) is 9.06. The summed E-state index contributed by atoms with van der Waals surface area (Å²) in [6, 6.07) is 5.99. The molecule has 1 heterocycles. The van der Waals surface area contributed by atoms with E-state index in [0.717, 1.165) is 0 Å². The van der Waals surface area contributed by atoms with Crippen molar-refractivity contribution in [1.82, 2.24) is 9.03 Å². The first kappa shape index (κ1) is 23.0. The molecule has 1 N–H and O–H groups in total. The Kier molecular flexibility index (Phi) is 7.40. The third-order valence-electron chi connectivity index (χ3n) is 4.68. The third-order valence-corrected chi connectivity index (χ3v) is 6.63. The Labute approximate surface area is 177 Å². The van der Waals surface area contributed by atoms with Gasteiger partial charge in [0, 0.05) is 30.0 Å². The topological polar surface area (TPSA) is 58.6 Å². The first-order chi connectivity index (χ1) is 14.2. The maximum atomic E-state index is 13.7. The van der Waals surface area contributed by atoms with Gasteiger partial charge in [0.05, 0.1) is 19.3 Å². The van der Waals surface area contributed by atoms with Gasteiger partial charge >= 0.3 is 0 Å². The summed E-state index contributed by atoms with van der Waals surface area (Å²) in [7, 11) is -3.89. The maximum absolute atomic E-state index is 13.7. The van der Waals surface area contributed by atoms with E-state index >= 15 is 0 Å². The first-order valence-corrected chi connectivity index (χ1v) is 11.0. The Morgan fingerprint density at radius 1 is 1.07 bits per heavy atom. The lowest BCUT2D eigenvalue weighted by Crippen LogP contribution is -2.45. The molecule has 0 amide bonds. The van der Waals surface area contributed by atoms with Crippen LogP contribution >= 0.6 is 12.6 Å². The summed E-state index contributed by atoms with van der Waals surface area (Å²) in [4.78, 5) is 0. The van der Waals surface area contributed by atoms with Crippen molar-refractivity contribution in [3.05, 3.63) is 70.8 Å². The van der Waals surface area contributed by atoms with Gasteiger partial charge in [-0.25, -0.2) is 17.6 Å². The highest BCUT2D eigenvalue weighted by atomic mass is 32.2. The van der Waals surface area contributed by atoms with E-state index in [1.807, 2.05) is 0 Å². The highest BCUT2D eigenvalue weighted by Gasteiger charge is 2.38. The zero-order chi connectivity index (χ0) is 21.9. The molecule has 5 nitrogen and oxygen atoms in total. The Morgan fingerprint density at radius 2 is 1.73 bits per heavy atom. The smallest absolute Gasteiger partial charge is 0.280 e. The van der Waals surface area contributed by atoms with Gasteiger partial charge in [-0.2, -0.15) is 30.1 Å². The molecule has 2 aromatic carbocycles. The number of nitrogens with one attached hydrogen (secondary N) is 1. The van der Waals surface area contributed by atoms with E-state index in [-0.39, 0.29) is 37.1 Å². The zero-order valence-corrected chi connectivity index (χ0v) is 17.4. The molecule has 1 aliphatic rings. The van der Waals surface area contributed by atoms with E-state index in [9.17, 15) is 26.0 Å². The molecule has 0 saturated carbocycles. The van der Waals surface area contributed by atoms with E-state index in [1.165, 1.54) is 28.6 Å². The van der Waals surface area contributed by atoms with Gasteiger partial charge in [0.1, 0.15) is 11.6 Å². The van der Waals surface area contributed by atoms with Gasteiger partial charge in [-0.05, 0) is 30.2 Å². The van der Waals surface area contributed by atoms with Crippen molar-refractivity contribution < 1.29 is 30.7 Å². The van der Waals surface area contributed by atoms with Gasteiger partial charge < -0.3 is 4.74 Å². The molecule has 0 bridgehead atoms. The van der Waals surface area contributed by atoms with Crippen LogP contribution in [-0.4, -0.2) is 37.2 Å². The number of benzene rings is 2. The molecule has 1 fully saturated rings. The average Bonchev–Trinajstić information content (AvgIpc) is 3.07. The molecule has 0 radical (unpaired) electrons. The van der Waals surface area contributed by atoms with E-state index in [0.29, 0.717) is 24.1 Å². The second-order valence-corrected chi connectivity index (χ2v) is 9.38. The number of halogens is 4. The van der Waals surface area contributed by atoms with Crippen LogP contribution in [0.1, 0.15) is 17.5 Å². The van der Waals surface area contributed by atoms with Crippen LogP contribution in [0.25, 0.3) is 0 Å². The van der Waals surface area contributed by atoms with Crippen LogP contribution in [0.4, 0.5) is 17.6 Å². The maximum Gasteiger partial charge on any atom is 0.280 e. The minimum Gasteiger partial charge on any atom is -0.375 e. The summed E-state index contributed by atoms with van der Waals surface area (Å²) in [5.41, 5.74) is 0.418. The van der Waals surface area contributed by atoms with Gasteiger partial charge in [0.15, 0.2) is 11.6 Å². The Bertz CT molecular complexity index is 990. The normalized spacial score (nSPS) is 20.0. The quantitative estimate of drug-likeness (QED) is 0.359. The van der Waals surface area contributed by atoms with Crippen LogP contribution in [0, 0.1) is 23.3 Å². The summed E-state index contributed by atoms with van der Waals surface area (Å²) >= 11 is 4.34. The molecule has 1 aliphatic heterocycles. The minimum atomic E-state index is -3.89. The fourth-order valence-corrected chi connectivity index (χ4v) is 5.11. The molecule has 164 valence electrons. The SMILES string of the molecule is O=S(=O)(NCc1ccc(F)cc1)N1CC(S)CC1COCc1cc(F)c(F)cc1F. The zero-order valence-electron chi connectivity index (χ0n) is 15.7.